The van der Waals surface area contributed by atoms with Crippen molar-refractivity contribution in [1.82, 2.24) is 24.6 Å². The standard InChI is InChI=1S/C32H33FN6O/c1-23-30-31(38-17-7-16-37(18-19-38)22-25-10-6-11-28(20-25)40-2)34-29(21-24-8-4-3-5-9-24)35-32(30)39(36-23)27-14-12-26(33)13-15-27/h3-6,8-15,20H,7,16-19,21-22H2,1-2H3. The molecule has 8 heteroatoms. The molecule has 0 radical (unpaired) electrons. The van der Waals surface area contributed by atoms with Crippen LogP contribution >= 0.6 is 0 Å². The molecule has 2 aromatic heterocycles. The highest BCUT2D eigenvalue weighted by atomic mass is 19.1. The van der Waals surface area contributed by atoms with Crippen molar-refractivity contribution in [3.63, 3.8) is 0 Å². The fraction of sp³-hybridized carbons (Fsp3) is 0.281. The predicted octanol–water partition coefficient (Wildman–Crippen LogP) is 5.57. The fourth-order valence-electron chi connectivity index (χ4n) is 5.42. The second-order valence-electron chi connectivity index (χ2n) is 10.3. The molecule has 1 aliphatic rings. The molecular weight excluding hydrogens is 503 g/mol. The lowest BCUT2D eigenvalue weighted by Gasteiger charge is -2.24. The third-order valence-corrected chi connectivity index (χ3v) is 7.43. The minimum Gasteiger partial charge on any atom is -0.497 e. The van der Waals surface area contributed by atoms with E-state index >= 15 is 0 Å². The van der Waals surface area contributed by atoms with Crippen LogP contribution in [0.3, 0.4) is 0 Å². The van der Waals surface area contributed by atoms with E-state index in [4.69, 9.17) is 19.8 Å². The average Bonchev–Trinajstić information content (AvgIpc) is 3.14. The molecule has 1 saturated heterocycles. The Morgan fingerprint density at radius 2 is 1.65 bits per heavy atom. The van der Waals surface area contributed by atoms with Gasteiger partial charge >= 0.3 is 0 Å². The molecule has 0 atom stereocenters. The molecule has 40 heavy (non-hydrogen) atoms. The van der Waals surface area contributed by atoms with Gasteiger partial charge in [-0.1, -0.05) is 42.5 Å². The van der Waals surface area contributed by atoms with Gasteiger partial charge in [0.1, 0.15) is 23.2 Å². The molecular formula is C32H33FN6O. The summed E-state index contributed by atoms with van der Waals surface area (Å²) in [5.41, 5.74) is 4.78. The van der Waals surface area contributed by atoms with E-state index < -0.39 is 0 Å². The van der Waals surface area contributed by atoms with E-state index in [1.165, 1.54) is 17.7 Å². The van der Waals surface area contributed by atoms with Crippen LogP contribution in [0.15, 0.2) is 78.9 Å². The van der Waals surface area contributed by atoms with Crippen LogP contribution in [0.25, 0.3) is 16.7 Å². The maximum absolute atomic E-state index is 13.7. The highest BCUT2D eigenvalue weighted by Gasteiger charge is 2.24. The topological polar surface area (TPSA) is 59.3 Å². The SMILES string of the molecule is COc1cccc(CN2CCCN(c3nc(Cc4ccccc4)nc4c3c(C)nn4-c3ccc(F)cc3)CC2)c1. The molecule has 1 fully saturated rings. The molecule has 5 aromatic rings. The molecule has 204 valence electrons. The number of hydrogen-bond acceptors (Lipinski definition) is 6. The molecule has 0 bridgehead atoms. The van der Waals surface area contributed by atoms with Crippen molar-refractivity contribution >= 4 is 16.9 Å². The van der Waals surface area contributed by atoms with Crippen molar-refractivity contribution in [2.75, 3.05) is 38.2 Å². The molecule has 0 spiro atoms. The number of ether oxygens (including phenoxy) is 1. The molecule has 0 aliphatic carbocycles. The summed E-state index contributed by atoms with van der Waals surface area (Å²) in [5.74, 6) is 2.27. The van der Waals surface area contributed by atoms with Crippen LogP contribution in [-0.4, -0.2) is 57.9 Å². The van der Waals surface area contributed by atoms with E-state index in [2.05, 4.69) is 34.1 Å². The van der Waals surface area contributed by atoms with E-state index in [-0.39, 0.29) is 5.82 Å². The monoisotopic (exact) mass is 536 g/mol. The third kappa shape index (κ3) is 5.53. The molecule has 0 unspecified atom stereocenters. The van der Waals surface area contributed by atoms with Crippen molar-refractivity contribution in [3.8, 4) is 11.4 Å². The fourth-order valence-corrected chi connectivity index (χ4v) is 5.42. The lowest BCUT2D eigenvalue weighted by atomic mass is 10.1. The zero-order valence-electron chi connectivity index (χ0n) is 22.9. The molecule has 3 heterocycles. The second kappa shape index (κ2) is 11.4. The largest absolute Gasteiger partial charge is 0.497 e. The van der Waals surface area contributed by atoms with Gasteiger partial charge in [0, 0.05) is 39.1 Å². The first-order chi connectivity index (χ1) is 19.6. The zero-order valence-corrected chi connectivity index (χ0v) is 22.9. The molecule has 0 saturated carbocycles. The molecule has 7 nitrogen and oxygen atoms in total. The van der Waals surface area contributed by atoms with E-state index in [1.54, 1.807) is 19.2 Å². The summed E-state index contributed by atoms with van der Waals surface area (Å²) in [4.78, 5) is 15.0. The first kappa shape index (κ1) is 26.0. The van der Waals surface area contributed by atoms with Crippen LogP contribution in [0.1, 0.15) is 29.1 Å². The Bertz CT molecular complexity index is 1600. The summed E-state index contributed by atoms with van der Waals surface area (Å²) < 4.78 is 20.9. The van der Waals surface area contributed by atoms with Crippen LogP contribution in [0, 0.1) is 12.7 Å². The Kier molecular flexibility index (Phi) is 7.42. The van der Waals surface area contributed by atoms with Crippen LogP contribution in [0.2, 0.25) is 0 Å². The number of methoxy groups -OCH3 is 1. The smallest absolute Gasteiger partial charge is 0.169 e. The number of aryl methyl sites for hydroxylation is 1. The maximum atomic E-state index is 13.7. The molecule has 1 aliphatic heterocycles. The first-order valence-corrected chi connectivity index (χ1v) is 13.7. The van der Waals surface area contributed by atoms with Crippen molar-refractivity contribution < 1.29 is 9.13 Å². The summed E-state index contributed by atoms with van der Waals surface area (Å²) in [6.45, 7) is 6.55. The Hall–Kier alpha value is -4.30. The van der Waals surface area contributed by atoms with Crippen molar-refractivity contribution in [2.24, 2.45) is 0 Å². The van der Waals surface area contributed by atoms with Gasteiger partial charge in [-0.05, 0) is 60.9 Å². The second-order valence-corrected chi connectivity index (χ2v) is 10.3. The minimum absolute atomic E-state index is 0.278. The van der Waals surface area contributed by atoms with Crippen LogP contribution in [-0.2, 0) is 13.0 Å². The Morgan fingerprint density at radius 1 is 0.850 bits per heavy atom. The number of aromatic nitrogens is 4. The summed E-state index contributed by atoms with van der Waals surface area (Å²) >= 11 is 0. The number of hydrogen-bond donors (Lipinski definition) is 0. The molecule has 0 amide bonds. The lowest BCUT2D eigenvalue weighted by molar-refractivity contribution is 0.285. The average molecular weight is 537 g/mol. The molecule has 3 aromatic carbocycles. The van der Waals surface area contributed by atoms with E-state index in [1.807, 2.05) is 41.9 Å². The number of nitrogens with zero attached hydrogens (tertiary/aromatic N) is 6. The summed E-state index contributed by atoms with van der Waals surface area (Å²) in [5, 5.41) is 5.79. The van der Waals surface area contributed by atoms with Crippen LogP contribution in [0.4, 0.5) is 10.2 Å². The van der Waals surface area contributed by atoms with Gasteiger partial charge in [-0.25, -0.2) is 19.0 Å². The van der Waals surface area contributed by atoms with Crippen molar-refractivity contribution in [3.05, 3.63) is 107 Å². The van der Waals surface area contributed by atoms with E-state index in [0.29, 0.717) is 6.42 Å². The molecule has 0 N–H and O–H groups in total. The molecule has 6 rings (SSSR count). The summed E-state index contributed by atoms with van der Waals surface area (Å²) in [6.07, 6.45) is 1.64. The van der Waals surface area contributed by atoms with Gasteiger partial charge in [0.05, 0.1) is 23.9 Å². The first-order valence-electron chi connectivity index (χ1n) is 13.7. The minimum atomic E-state index is -0.278. The highest BCUT2D eigenvalue weighted by Crippen LogP contribution is 2.30. The van der Waals surface area contributed by atoms with Crippen LogP contribution < -0.4 is 9.64 Å². The number of benzene rings is 3. The quantitative estimate of drug-likeness (QED) is 0.271. The van der Waals surface area contributed by atoms with Gasteiger partial charge < -0.3 is 9.64 Å². The van der Waals surface area contributed by atoms with Gasteiger partial charge in [0.15, 0.2) is 5.65 Å². The Morgan fingerprint density at radius 3 is 2.45 bits per heavy atom. The maximum Gasteiger partial charge on any atom is 0.169 e. The predicted molar refractivity (Wildman–Crippen MR) is 156 cm³/mol. The summed E-state index contributed by atoms with van der Waals surface area (Å²) in [7, 11) is 1.71. The number of anilines is 1. The number of fused-ring (bicyclic) bond motifs is 1. The van der Waals surface area contributed by atoms with E-state index in [0.717, 1.165) is 84.5 Å². The van der Waals surface area contributed by atoms with Gasteiger partial charge in [-0.2, -0.15) is 5.10 Å². The normalized spacial score (nSPS) is 14.4. The van der Waals surface area contributed by atoms with Gasteiger partial charge in [-0.3, -0.25) is 4.90 Å². The van der Waals surface area contributed by atoms with Crippen LogP contribution in [0.5, 0.6) is 5.75 Å². The van der Waals surface area contributed by atoms with E-state index in [9.17, 15) is 4.39 Å². The summed E-state index contributed by atoms with van der Waals surface area (Å²) in [6, 6.07) is 25.0. The Labute approximate surface area is 233 Å². The highest BCUT2D eigenvalue weighted by molar-refractivity contribution is 5.91. The van der Waals surface area contributed by atoms with Crippen molar-refractivity contribution in [1.29, 1.82) is 0 Å². The van der Waals surface area contributed by atoms with Gasteiger partial charge in [0.2, 0.25) is 0 Å². The third-order valence-electron chi connectivity index (χ3n) is 7.43. The van der Waals surface area contributed by atoms with Gasteiger partial charge in [-0.15, -0.1) is 0 Å². The number of halogens is 1. The Balaban J connectivity index is 1.35. The zero-order chi connectivity index (χ0) is 27.5. The van der Waals surface area contributed by atoms with Gasteiger partial charge in [0.25, 0.3) is 0 Å². The number of rotatable bonds is 7. The van der Waals surface area contributed by atoms with Crippen molar-refractivity contribution in [2.45, 2.75) is 26.3 Å². The lowest BCUT2D eigenvalue weighted by Crippen LogP contribution is -2.31.